The van der Waals surface area contributed by atoms with E-state index in [9.17, 15) is 17.2 Å². The molecular formula is C7H12F2O3S. The van der Waals surface area contributed by atoms with Gasteiger partial charge in [-0.3, -0.25) is 4.18 Å². The molecule has 1 unspecified atom stereocenters. The van der Waals surface area contributed by atoms with E-state index < -0.39 is 27.7 Å². The van der Waals surface area contributed by atoms with E-state index in [1.54, 1.807) is 0 Å². The highest BCUT2D eigenvalue weighted by molar-refractivity contribution is 7.86. The molecule has 1 atom stereocenters. The summed E-state index contributed by atoms with van der Waals surface area (Å²) in [4.78, 5) is 0. The van der Waals surface area contributed by atoms with Crippen LogP contribution in [-0.2, 0) is 14.3 Å². The Morgan fingerprint density at radius 1 is 1.54 bits per heavy atom. The minimum atomic E-state index is -3.74. The van der Waals surface area contributed by atoms with Crippen molar-refractivity contribution in [3.8, 4) is 0 Å². The fraction of sp³-hybridized carbons (Fsp3) is 1.00. The zero-order chi connectivity index (χ0) is 10.1. The van der Waals surface area contributed by atoms with Gasteiger partial charge in [-0.25, -0.2) is 8.78 Å². The molecule has 0 saturated heterocycles. The van der Waals surface area contributed by atoms with Crippen molar-refractivity contribution in [2.45, 2.75) is 25.7 Å². The van der Waals surface area contributed by atoms with E-state index in [0.717, 1.165) is 0 Å². The molecule has 0 aromatic rings. The fourth-order valence-corrected chi connectivity index (χ4v) is 2.60. The van der Waals surface area contributed by atoms with Crippen molar-refractivity contribution < 1.29 is 21.4 Å². The van der Waals surface area contributed by atoms with Gasteiger partial charge >= 0.3 is 0 Å². The van der Waals surface area contributed by atoms with Gasteiger partial charge in [0.25, 0.3) is 16.0 Å². The highest BCUT2D eigenvalue weighted by Crippen LogP contribution is 2.44. The number of hydrogen-bond donors (Lipinski definition) is 0. The summed E-state index contributed by atoms with van der Waals surface area (Å²) in [6.45, 7) is 1.51. The summed E-state index contributed by atoms with van der Waals surface area (Å²) in [6, 6.07) is 0. The van der Waals surface area contributed by atoms with Gasteiger partial charge in [0, 0.05) is 12.3 Å². The molecule has 0 N–H and O–H groups in total. The zero-order valence-electron chi connectivity index (χ0n) is 7.29. The van der Waals surface area contributed by atoms with Gasteiger partial charge in [-0.05, 0) is 13.3 Å². The molecule has 1 fully saturated rings. The third-order valence-corrected chi connectivity index (χ3v) is 3.53. The summed E-state index contributed by atoms with van der Waals surface area (Å²) in [5.74, 6) is -4.43. The summed E-state index contributed by atoms with van der Waals surface area (Å²) in [6.07, 6.45) is 0.0542. The summed E-state index contributed by atoms with van der Waals surface area (Å²) < 4.78 is 51.6. The van der Waals surface area contributed by atoms with E-state index in [0.29, 0.717) is 0 Å². The molecule has 1 aliphatic carbocycles. The number of halogens is 2. The predicted octanol–water partition coefficient (Wildman–Crippen LogP) is 1.40. The Labute approximate surface area is 76.2 Å². The Morgan fingerprint density at radius 3 is 2.46 bits per heavy atom. The second kappa shape index (κ2) is 3.49. The number of hydrogen-bond acceptors (Lipinski definition) is 3. The van der Waals surface area contributed by atoms with Crippen LogP contribution in [0.15, 0.2) is 0 Å². The van der Waals surface area contributed by atoms with Crippen LogP contribution in [0.1, 0.15) is 19.8 Å². The van der Waals surface area contributed by atoms with E-state index >= 15 is 0 Å². The van der Waals surface area contributed by atoms with Crippen LogP contribution in [0.5, 0.6) is 0 Å². The first-order valence-corrected chi connectivity index (χ1v) is 5.70. The van der Waals surface area contributed by atoms with E-state index in [2.05, 4.69) is 4.18 Å². The Kier molecular flexibility index (Phi) is 2.91. The van der Waals surface area contributed by atoms with Crippen LogP contribution in [0.25, 0.3) is 0 Å². The van der Waals surface area contributed by atoms with E-state index in [1.165, 1.54) is 6.92 Å². The maximum Gasteiger partial charge on any atom is 0.267 e. The molecule has 0 bridgehead atoms. The lowest BCUT2D eigenvalue weighted by molar-refractivity contribution is -0.123. The van der Waals surface area contributed by atoms with Crippen molar-refractivity contribution in [1.82, 2.24) is 0 Å². The Balaban J connectivity index is 2.50. The molecule has 3 nitrogen and oxygen atoms in total. The van der Waals surface area contributed by atoms with Gasteiger partial charge in [0.1, 0.15) is 0 Å². The average Bonchev–Trinajstić information content (AvgIpc) is 1.99. The maximum atomic E-state index is 12.7. The molecule has 6 heteroatoms. The molecule has 0 aliphatic heterocycles. The molecule has 1 aliphatic rings. The van der Waals surface area contributed by atoms with Crippen LogP contribution >= 0.6 is 0 Å². The Morgan fingerprint density at radius 2 is 2.15 bits per heavy atom. The van der Waals surface area contributed by atoms with Crippen LogP contribution < -0.4 is 0 Å². The van der Waals surface area contributed by atoms with Crippen molar-refractivity contribution in [2.75, 3.05) is 12.4 Å². The Hall–Kier alpha value is -0.230. The van der Waals surface area contributed by atoms with Gasteiger partial charge in [0.15, 0.2) is 0 Å². The van der Waals surface area contributed by atoms with Crippen LogP contribution in [0.4, 0.5) is 8.78 Å². The highest BCUT2D eigenvalue weighted by Gasteiger charge is 2.50. The van der Waals surface area contributed by atoms with Crippen LogP contribution in [0.2, 0.25) is 0 Å². The lowest BCUT2D eigenvalue weighted by atomic mass is 9.82. The van der Waals surface area contributed by atoms with Crippen molar-refractivity contribution in [3.63, 3.8) is 0 Å². The van der Waals surface area contributed by atoms with Gasteiger partial charge < -0.3 is 0 Å². The molecule has 1 rings (SSSR count). The summed E-state index contributed by atoms with van der Waals surface area (Å²) in [5, 5.41) is 0. The van der Waals surface area contributed by atoms with E-state index in [-0.39, 0.29) is 19.4 Å². The van der Waals surface area contributed by atoms with Gasteiger partial charge in [-0.1, -0.05) is 0 Å². The average molecular weight is 214 g/mol. The monoisotopic (exact) mass is 214 g/mol. The predicted molar refractivity (Wildman–Crippen MR) is 43.1 cm³/mol. The third kappa shape index (κ3) is 2.60. The van der Waals surface area contributed by atoms with Crippen LogP contribution in [0.3, 0.4) is 0 Å². The first-order chi connectivity index (χ1) is 5.87. The summed E-state index contributed by atoms with van der Waals surface area (Å²) in [5.41, 5.74) is 0. The second-order valence-corrected chi connectivity index (χ2v) is 4.81. The Bertz CT molecular complexity index is 273. The van der Waals surface area contributed by atoms with Gasteiger partial charge in [0.2, 0.25) is 0 Å². The highest BCUT2D eigenvalue weighted by atomic mass is 32.2. The molecule has 13 heavy (non-hydrogen) atoms. The minimum Gasteiger partial charge on any atom is -0.270 e. The van der Waals surface area contributed by atoms with Crippen molar-refractivity contribution in [2.24, 2.45) is 5.92 Å². The van der Waals surface area contributed by atoms with Crippen molar-refractivity contribution >= 4 is 10.1 Å². The van der Waals surface area contributed by atoms with Crippen LogP contribution in [-0.4, -0.2) is 26.7 Å². The topological polar surface area (TPSA) is 43.4 Å². The first kappa shape index (κ1) is 10.8. The van der Waals surface area contributed by atoms with Gasteiger partial charge in [0.05, 0.1) is 12.4 Å². The molecule has 0 spiro atoms. The summed E-state index contributed by atoms with van der Waals surface area (Å²) >= 11 is 0. The molecular weight excluding hydrogens is 202 g/mol. The maximum absolute atomic E-state index is 12.7. The second-order valence-electron chi connectivity index (χ2n) is 3.13. The molecule has 0 heterocycles. The molecule has 0 radical (unpaired) electrons. The quantitative estimate of drug-likeness (QED) is 0.664. The normalized spacial score (nSPS) is 26.8. The molecule has 0 aromatic heterocycles. The third-order valence-electron chi connectivity index (χ3n) is 2.13. The van der Waals surface area contributed by atoms with E-state index in [1.807, 2.05) is 0 Å². The summed E-state index contributed by atoms with van der Waals surface area (Å²) in [7, 11) is -3.74. The van der Waals surface area contributed by atoms with Gasteiger partial charge in [-0.2, -0.15) is 8.42 Å². The number of rotatable bonds is 4. The van der Waals surface area contributed by atoms with Crippen molar-refractivity contribution in [1.29, 1.82) is 0 Å². The molecule has 0 aromatic carbocycles. The molecule has 78 valence electrons. The number of alkyl halides is 2. The standard InChI is InChI=1S/C7H12F2O3S/c1-2-12-13(10,11)5-6-3-4-7(6,8)9/h6H,2-5H2,1H3. The van der Waals surface area contributed by atoms with E-state index in [4.69, 9.17) is 0 Å². The van der Waals surface area contributed by atoms with Crippen molar-refractivity contribution in [3.05, 3.63) is 0 Å². The lowest BCUT2D eigenvalue weighted by Crippen LogP contribution is -2.43. The van der Waals surface area contributed by atoms with Crippen LogP contribution in [0, 0.1) is 5.92 Å². The van der Waals surface area contributed by atoms with Gasteiger partial charge in [-0.15, -0.1) is 0 Å². The zero-order valence-corrected chi connectivity index (χ0v) is 8.11. The fourth-order valence-electron chi connectivity index (χ4n) is 1.25. The largest absolute Gasteiger partial charge is 0.270 e. The lowest BCUT2D eigenvalue weighted by Gasteiger charge is -2.35. The minimum absolute atomic E-state index is 0.000620. The SMILES string of the molecule is CCOS(=O)(=O)CC1CCC1(F)F. The first-order valence-electron chi connectivity index (χ1n) is 4.12. The molecule has 0 amide bonds. The smallest absolute Gasteiger partial charge is 0.267 e. The molecule has 1 saturated carbocycles.